The molecule has 2 heterocycles. The second-order valence-corrected chi connectivity index (χ2v) is 6.05. The Kier molecular flexibility index (Phi) is 3.16. The maximum absolute atomic E-state index is 6.00. The summed E-state index contributed by atoms with van der Waals surface area (Å²) >= 11 is 6.00. The highest BCUT2D eigenvalue weighted by Gasteiger charge is 2.23. The van der Waals surface area contributed by atoms with Crippen molar-refractivity contribution in [2.24, 2.45) is 0 Å². The molecule has 1 aliphatic rings. The lowest BCUT2D eigenvalue weighted by Crippen LogP contribution is -2.04. The molecule has 2 aromatic carbocycles. The zero-order chi connectivity index (χ0) is 15.1. The van der Waals surface area contributed by atoms with Crippen molar-refractivity contribution in [3.63, 3.8) is 0 Å². The van der Waals surface area contributed by atoms with Crippen molar-refractivity contribution in [3.8, 4) is 16.9 Å². The summed E-state index contributed by atoms with van der Waals surface area (Å²) < 4.78 is 2.01. The normalized spacial score (nSPS) is 13.0. The summed E-state index contributed by atoms with van der Waals surface area (Å²) in [4.78, 5) is 0. The van der Waals surface area contributed by atoms with Gasteiger partial charge in [-0.3, -0.25) is 0 Å². The van der Waals surface area contributed by atoms with Crippen molar-refractivity contribution < 1.29 is 0 Å². The molecule has 0 bridgehead atoms. The van der Waals surface area contributed by atoms with Gasteiger partial charge in [-0.05, 0) is 43.2 Å². The first-order valence-corrected chi connectivity index (χ1v) is 7.79. The SMILES string of the molecule is Cc1cccc(-n2nc(-c3ccc(Cl)cc3)c3c2NCC3)c1. The molecule has 0 spiro atoms. The number of benzene rings is 2. The first kappa shape index (κ1) is 13.4. The van der Waals surface area contributed by atoms with Crippen LogP contribution in [0.4, 0.5) is 5.82 Å². The summed E-state index contributed by atoms with van der Waals surface area (Å²) in [7, 11) is 0. The van der Waals surface area contributed by atoms with Crippen LogP contribution in [0.3, 0.4) is 0 Å². The number of aryl methyl sites for hydroxylation is 1. The number of nitrogens with one attached hydrogen (secondary N) is 1. The predicted molar refractivity (Wildman–Crippen MR) is 90.9 cm³/mol. The van der Waals surface area contributed by atoms with E-state index in [4.69, 9.17) is 16.7 Å². The van der Waals surface area contributed by atoms with E-state index in [2.05, 4.69) is 36.5 Å². The number of fused-ring (bicyclic) bond motifs is 1. The lowest BCUT2D eigenvalue weighted by Gasteiger charge is -2.07. The molecule has 22 heavy (non-hydrogen) atoms. The minimum atomic E-state index is 0.747. The Labute approximate surface area is 134 Å². The molecule has 0 atom stereocenters. The molecule has 0 radical (unpaired) electrons. The van der Waals surface area contributed by atoms with Gasteiger partial charge in [0.1, 0.15) is 5.82 Å². The van der Waals surface area contributed by atoms with Crippen molar-refractivity contribution in [2.75, 3.05) is 11.9 Å². The van der Waals surface area contributed by atoms with Gasteiger partial charge in [-0.1, -0.05) is 35.9 Å². The largest absolute Gasteiger partial charge is 0.369 e. The Balaban J connectivity index is 1.88. The van der Waals surface area contributed by atoms with Crippen molar-refractivity contribution in [1.82, 2.24) is 9.78 Å². The maximum atomic E-state index is 6.00. The highest BCUT2D eigenvalue weighted by molar-refractivity contribution is 6.30. The molecule has 0 fully saturated rings. The van der Waals surface area contributed by atoms with E-state index in [0.29, 0.717) is 0 Å². The van der Waals surface area contributed by atoms with Gasteiger partial charge in [-0.2, -0.15) is 5.10 Å². The lowest BCUT2D eigenvalue weighted by atomic mass is 10.1. The number of rotatable bonds is 2. The van der Waals surface area contributed by atoms with Crippen LogP contribution in [0.1, 0.15) is 11.1 Å². The Morgan fingerprint density at radius 1 is 1.14 bits per heavy atom. The van der Waals surface area contributed by atoms with Gasteiger partial charge in [0.05, 0.1) is 11.4 Å². The van der Waals surface area contributed by atoms with E-state index in [0.717, 1.165) is 40.8 Å². The minimum absolute atomic E-state index is 0.747. The van der Waals surface area contributed by atoms with Crippen LogP contribution in [-0.4, -0.2) is 16.3 Å². The fourth-order valence-electron chi connectivity index (χ4n) is 2.96. The van der Waals surface area contributed by atoms with Crippen LogP contribution < -0.4 is 5.32 Å². The summed E-state index contributed by atoms with van der Waals surface area (Å²) in [6, 6.07) is 16.3. The average molecular weight is 310 g/mol. The third kappa shape index (κ3) is 2.18. The number of anilines is 1. The van der Waals surface area contributed by atoms with Gasteiger partial charge in [-0.15, -0.1) is 0 Å². The zero-order valence-electron chi connectivity index (χ0n) is 12.3. The van der Waals surface area contributed by atoms with E-state index in [-0.39, 0.29) is 0 Å². The summed E-state index contributed by atoms with van der Waals surface area (Å²) in [6.07, 6.45) is 0.999. The Bertz CT molecular complexity index is 834. The molecule has 1 aliphatic heterocycles. The van der Waals surface area contributed by atoms with E-state index in [1.807, 2.05) is 28.9 Å². The minimum Gasteiger partial charge on any atom is -0.369 e. The van der Waals surface area contributed by atoms with E-state index < -0.39 is 0 Å². The van der Waals surface area contributed by atoms with Crippen molar-refractivity contribution in [3.05, 3.63) is 64.7 Å². The molecule has 1 aromatic heterocycles. The molecule has 110 valence electrons. The quantitative estimate of drug-likeness (QED) is 0.757. The van der Waals surface area contributed by atoms with Gasteiger partial charge in [0.15, 0.2) is 0 Å². The van der Waals surface area contributed by atoms with Gasteiger partial charge < -0.3 is 5.32 Å². The van der Waals surface area contributed by atoms with Gasteiger partial charge in [0.25, 0.3) is 0 Å². The van der Waals surface area contributed by atoms with Crippen molar-refractivity contribution in [1.29, 1.82) is 0 Å². The first-order chi connectivity index (χ1) is 10.7. The lowest BCUT2D eigenvalue weighted by molar-refractivity contribution is 0.881. The molecule has 0 aliphatic carbocycles. The molecular formula is C18H16ClN3. The van der Waals surface area contributed by atoms with Crippen LogP contribution in [0.5, 0.6) is 0 Å². The highest BCUT2D eigenvalue weighted by atomic mass is 35.5. The van der Waals surface area contributed by atoms with E-state index in [1.54, 1.807) is 0 Å². The van der Waals surface area contributed by atoms with E-state index in [1.165, 1.54) is 11.1 Å². The Hall–Kier alpha value is -2.26. The van der Waals surface area contributed by atoms with Crippen molar-refractivity contribution in [2.45, 2.75) is 13.3 Å². The van der Waals surface area contributed by atoms with Crippen LogP contribution in [0, 0.1) is 6.92 Å². The van der Waals surface area contributed by atoms with Crippen molar-refractivity contribution >= 4 is 17.4 Å². The standard InChI is InChI=1S/C18H16ClN3/c1-12-3-2-4-15(11-12)22-18-16(9-10-20-18)17(21-22)13-5-7-14(19)8-6-13/h2-8,11,20H,9-10H2,1H3. The third-order valence-electron chi connectivity index (χ3n) is 4.01. The Morgan fingerprint density at radius 2 is 1.95 bits per heavy atom. The molecule has 0 unspecified atom stereocenters. The van der Waals surface area contributed by atoms with Crippen LogP contribution >= 0.6 is 11.6 Å². The fraction of sp³-hybridized carbons (Fsp3) is 0.167. The number of halogens is 1. The Morgan fingerprint density at radius 3 is 2.73 bits per heavy atom. The van der Waals surface area contributed by atoms with Gasteiger partial charge >= 0.3 is 0 Å². The summed E-state index contributed by atoms with van der Waals surface area (Å²) in [6.45, 7) is 3.06. The molecule has 4 heteroatoms. The number of aromatic nitrogens is 2. The van der Waals surface area contributed by atoms with Gasteiger partial charge in [-0.25, -0.2) is 4.68 Å². The topological polar surface area (TPSA) is 29.9 Å². The molecule has 0 saturated heterocycles. The van der Waals surface area contributed by atoms with Crippen LogP contribution in [0.25, 0.3) is 16.9 Å². The second kappa shape index (κ2) is 5.18. The second-order valence-electron chi connectivity index (χ2n) is 5.61. The molecule has 1 N–H and O–H groups in total. The van der Waals surface area contributed by atoms with Crippen LogP contribution in [-0.2, 0) is 6.42 Å². The molecule has 0 saturated carbocycles. The average Bonchev–Trinajstić information content (AvgIpc) is 3.10. The molecular weight excluding hydrogens is 294 g/mol. The van der Waals surface area contributed by atoms with E-state index in [9.17, 15) is 0 Å². The highest BCUT2D eigenvalue weighted by Crippen LogP contribution is 2.34. The first-order valence-electron chi connectivity index (χ1n) is 7.41. The number of hydrogen-bond acceptors (Lipinski definition) is 2. The molecule has 0 amide bonds. The van der Waals surface area contributed by atoms with E-state index >= 15 is 0 Å². The summed E-state index contributed by atoms with van der Waals surface area (Å²) in [5, 5.41) is 9.06. The summed E-state index contributed by atoms with van der Waals surface area (Å²) in [5.41, 5.74) is 5.75. The monoisotopic (exact) mass is 309 g/mol. The molecule has 3 aromatic rings. The van der Waals surface area contributed by atoms with Gasteiger partial charge in [0.2, 0.25) is 0 Å². The molecule has 3 nitrogen and oxygen atoms in total. The number of hydrogen-bond donors (Lipinski definition) is 1. The van der Waals surface area contributed by atoms with Crippen LogP contribution in [0.2, 0.25) is 5.02 Å². The van der Waals surface area contributed by atoms with Gasteiger partial charge in [0, 0.05) is 22.7 Å². The molecule has 4 rings (SSSR count). The van der Waals surface area contributed by atoms with Crippen LogP contribution in [0.15, 0.2) is 48.5 Å². The summed E-state index contributed by atoms with van der Waals surface area (Å²) in [5.74, 6) is 1.11. The number of nitrogens with zero attached hydrogens (tertiary/aromatic N) is 2. The fourth-order valence-corrected chi connectivity index (χ4v) is 3.09. The zero-order valence-corrected chi connectivity index (χ0v) is 13.1. The maximum Gasteiger partial charge on any atom is 0.133 e. The third-order valence-corrected chi connectivity index (χ3v) is 4.27. The predicted octanol–water partition coefficient (Wildman–Crippen LogP) is 4.47. The smallest absolute Gasteiger partial charge is 0.133 e.